The van der Waals surface area contributed by atoms with E-state index in [1.54, 1.807) is 0 Å². The quantitative estimate of drug-likeness (QED) is 0.486. The summed E-state index contributed by atoms with van der Waals surface area (Å²) in [5.41, 5.74) is 5.31. The van der Waals surface area contributed by atoms with Crippen molar-refractivity contribution >= 4 is 12.0 Å². The van der Waals surface area contributed by atoms with Crippen LogP contribution >= 0.6 is 0 Å². The number of nitrogens with one attached hydrogen (secondary N) is 2. The Morgan fingerprint density at radius 3 is 2.90 bits per heavy atom. The number of pyridine rings is 1. The van der Waals surface area contributed by atoms with E-state index in [1.165, 1.54) is 12.3 Å². The molecule has 4 nitrogen and oxygen atoms in total. The molecule has 0 aliphatic carbocycles. The molecule has 4 N–H and O–H groups in total. The van der Waals surface area contributed by atoms with Crippen LogP contribution < -0.4 is 11.2 Å². The van der Waals surface area contributed by atoms with E-state index in [2.05, 4.69) is 4.98 Å². The van der Waals surface area contributed by atoms with Crippen LogP contribution in [0.1, 0.15) is 6.99 Å². The summed E-state index contributed by atoms with van der Waals surface area (Å²) in [6.07, 6.45) is 2.39. The zero-order valence-corrected chi connectivity index (χ0v) is 5.22. The smallest absolute Gasteiger partial charge is 0.192 e. The first-order valence-electron chi connectivity index (χ1n) is 2.73. The number of nitrogen functional groups attached to an aromatic ring is 1. The molecule has 0 radical (unpaired) electrons. The lowest BCUT2D eigenvalue weighted by Crippen LogP contribution is -2.10. The molecule has 0 spiro atoms. The van der Waals surface area contributed by atoms with Gasteiger partial charge in [0, 0.05) is 19.9 Å². The van der Waals surface area contributed by atoms with Gasteiger partial charge in [-0.3, -0.25) is 4.79 Å². The summed E-state index contributed by atoms with van der Waals surface area (Å²) >= 11 is 0. The molecule has 4 heteroatoms. The lowest BCUT2D eigenvalue weighted by molar-refractivity contribution is 1.30. The Labute approximate surface area is 58.7 Å². The van der Waals surface area contributed by atoms with Crippen molar-refractivity contribution in [3.63, 3.8) is 0 Å². The second-order valence-electron chi connectivity index (χ2n) is 1.81. The van der Waals surface area contributed by atoms with Gasteiger partial charge in [-0.1, -0.05) is 0 Å². The Balaban J connectivity index is 0.000001000. The summed E-state index contributed by atoms with van der Waals surface area (Å²) in [5, 5.41) is 6.80. The number of hydrogen-bond donors (Lipinski definition) is 3. The van der Waals surface area contributed by atoms with Crippen molar-refractivity contribution in [2.75, 3.05) is 5.73 Å². The van der Waals surface area contributed by atoms with Gasteiger partial charge in [-0.25, -0.2) is 0 Å². The van der Waals surface area contributed by atoms with Crippen molar-refractivity contribution in [2.24, 2.45) is 0 Å². The van der Waals surface area contributed by atoms with Gasteiger partial charge in [-0.2, -0.15) is 0 Å². The highest BCUT2D eigenvalue weighted by atomic mass is 16.1. The molecule has 1 aromatic rings. The number of rotatable bonds is 1. The number of aromatic amines is 1. The third-order valence-corrected chi connectivity index (χ3v) is 1.17. The average molecular weight is 139 g/mol. The molecule has 1 rings (SSSR count). The summed E-state index contributed by atoms with van der Waals surface area (Å²) in [4.78, 5) is 13.4. The molecule has 0 aliphatic rings. The number of hydrogen-bond acceptors (Lipinski definition) is 3. The molecule has 1 aromatic heterocycles. The normalized spacial score (nSPS) is 9.20. The van der Waals surface area contributed by atoms with Crippen LogP contribution in [0.4, 0.5) is 5.82 Å². The molecule has 10 heavy (non-hydrogen) atoms. The van der Waals surface area contributed by atoms with Gasteiger partial charge in [0.25, 0.3) is 0 Å². The van der Waals surface area contributed by atoms with Crippen LogP contribution in [0.15, 0.2) is 17.1 Å². The van der Waals surface area contributed by atoms with Crippen molar-refractivity contribution in [1.29, 1.82) is 5.41 Å². The van der Waals surface area contributed by atoms with Gasteiger partial charge in [0.05, 0.1) is 5.56 Å². The third kappa shape index (κ3) is 0.907. The summed E-state index contributed by atoms with van der Waals surface area (Å²) in [6.45, 7) is 0. The van der Waals surface area contributed by atoms with Gasteiger partial charge >= 0.3 is 0 Å². The first-order chi connectivity index (χ1) is 4.75. The lowest BCUT2D eigenvalue weighted by Gasteiger charge is -1.94. The molecular formula is C6H9N3O. The molecule has 0 aliphatic heterocycles. The molecule has 0 aromatic carbocycles. The largest absolute Gasteiger partial charge is 0.385 e. The molecule has 0 atom stereocenters. The van der Waals surface area contributed by atoms with Crippen LogP contribution in [0.3, 0.4) is 0 Å². The van der Waals surface area contributed by atoms with Crippen molar-refractivity contribution < 1.29 is 1.43 Å². The second kappa shape index (κ2) is 2.34. The topological polar surface area (TPSA) is 82.7 Å². The highest BCUT2D eigenvalue weighted by Crippen LogP contribution is 1.95. The Morgan fingerprint density at radius 1 is 1.80 bits per heavy atom. The fraction of sp³-hybridized carbons (Fsp3) is 0. The maximum atomic E-state index is 10.8. The maximum absolute atomic E-state index is 10.8. The minimum absolute atomic E-state index is 0. The predicted octanol–water partition coefficient (Wildman–Crippen LogP) is 0.201. The third-order valence-electron chi connectivity index (χ3n) is 1.17. The van der Waals surface area contributed by atoms with Crippen LogP contribution in [0.2, 0.25) is 0 Å². The van der Waals surface area contributed by atoms with Crippen molar-refractivity contribution in [3.8, 4) is 0 Å². The molecule has 0 saturated carbocycles. The highest BCUT2D eigenvalue weighted by Gasteiger charge is 1.97. The van der Waals surface area contributed by atoms with E-state index < -0.39 is 0 Å². The van der Waals surface area contributed by atoms with Gasteiger partial charge < -0.3 is 16.1 Å². The number of nitrogens with two attached hydrogens (primary N) is 1. The fourth-order valence-electron chi connectivity index (χ4n) is 0.656. The van der Waals surface area contributed by atoms with Crippen LogP contribution in [-0.4, -0.2) is 11.2 Å². The van der Waals surface area contributed by atoms with Crippen molar-refractivity contribution in [2.45, 2.75) is 0 Å². The van der Waals surface area contributed by atoms with Gasteiger partial charge in [-0.15, -0.1) is 0 Å². The van der Waals surface area contributed by atoms with Crippen LogP contribution in [-0.2, 0) is 0 Å². The van der Waals surface area contributed by atoms with Gasteiger partial charge in [0.15, 0.2) is 5.43 Å². The second-order valence-corrected chi connectivity index (χ2v) is 1.81. The summed E-state index contributed by atoms with van der Waals surface area (Å²) < 4.78 is 0. The van der Waals surface area contributed by atoms with E-state index in [-0.39, 0.29) is 18.2 Å². The van der Waals surface area contributed by atoms with Crippen LogP contribution in [0.25, 0.3) is 0 Å². The van der Waals surface area contributed by atoms with Gasteiger partial charge in [0.1, 0.15) is 5.82 Å². The Kier molecular flexibility index (Phi) is 1.53. The summed E-state index contributed by atoms with van der Waals surface area (Å²) in [7, 11) is 0. The zero-order valence-electron chi connectivity index (χ0n) is 5.22. The van der Waals surface area contributed by atoms with Gasteiger partial charge in [-0.05, 0) is 0 Å². The van der Waals surface area contributed by atoms with E-state index in [0.717, 1.165) is 6.21 Å². The number of anilines is 1. The van der Waals surface area contributed by atoms with Crippen molar-refractivity contribution in [3.05, 3.63) is 28.0 Å². The van der Waals surface area contributed by atoms with Gasteiger partial charge in [0.2, 0.25) is 0 Å². The number of H-pyrrole nitrogens is 1. The molecule has 0 bridgehead atoms. The lowest BCUT2D eigenvalue weighted by atomic mass is 10.3. The average Bonchev–Trinajstić information content (AvgIpc) is 1.88. The summed E-state index contributed by atoms with van der Waals surface area (Å²) in [6, 6.07) is 1.33. The van der Waals surface area contributed by atoms with Crippen LogP contribution in [0, 0.1) is 5.41 Å². The van der Waals surface area contributed by atoms with E-state index >= 15 is 0 Å². The van der Waals surface area contributed by atoms with E-state index in [4.69, 9.17) is 11.1 Å². The zero-order chi connectivity index (χ0) is 7.56. The SMILES string of the molecule is N=Cc1c(N)[nH]ccc1=O.[HH]. The minimum Gasteiger partial charge on any atom is -0.385 e. The predicted molar refractivity (Wildman–Crippen MR) is 41.5 cm³/mol. The van der Waals surface area contributed by atoms with Crippen molar-refractivity contribution in [1.82, 2.24) is 4.98 Å². The van der Waals surface area contributed by atoms with E-state index in [0.29, 0.717) is 0 Å². The molecule has 0 amide bonds. The van der Waals surface area contributed by atoms with Crippen LogP contribution in [0.5, 0.6) is 0 Å². The highest BCUT2D eigenvalue weighted by molar-refractivity contribution is 5.82. The van der Waals surface area contributed by atoms with E-state index in [9.17, 15) is 4.79 Å². The Hall–Kier alpha value is -1.58. The molecule has 54 valence electrons. The standard InChI is InChI=1S/C6H7N3O.H2/c7-3-4-5(10)1-2-9-6(4)8;/h1-3,7H,(H3,8,9,10);1H. The minimum atomic E-state index is -0.230. The van der Waals surface area contributed by atoms with E-state index in [1.807, 2.05) is 0 Å². The number of aromatic nitrogens is 1. The Morgan fingerprint density at radius 2 is 2.50 bits per heavy atom. The Bertz CT molecular complexity index is 307. The summed E-state index contributed by atoms with van der Waals surface area (Å²) in [5.74, 6) is 0.238. The molecule has 0 fully saturated rings. The first kappa shape index (κ1) is 6.54. The molecular weight excluding hydrogens is 130 g/mol. The molecule has 0 unspecified atom stereocenters. The maximum Gasteiger partial charge on any atom is 0.192 e. The molecule has 1 heterocycles. The molecule has 0 saturated heterocycles. The first-order valence-corrected chi connectivity index (χ1v) is 2.73. The monoisotopic (exact) mass is 139 g/mol. The fourth-order valence-corrected chi connectivity index (χ4v) is 0.656.